The summed E-state index contributed by atoms with van der Waals surface area (Å²) in [4.78, 5) is 4.00. The number of hydrogen-bond donors (Lipinski definition) is 2. The topological polar surface area (TPSA) is 50.9 Å². The first-order valence-electron chi connectivity index (χ1n) is 5.64. The van der Waals surface area contributed by atoms with Crippen LogP contribution in [0.4, 0.5) is 30.4 Å². The average Bonchev–Trinajstić information content (AvgIpc) is 2.33. The number of aryl methyl sites for hydroxylation is 1. The molecule has 0 fully saturated rings. The van der Waals surface area contributed by atoms with Crippen molar-refractivity contribution in [3.63, 3.8) is 0 Å². The molecule has 0 saturated heterocycles. The van der Waals surface area contributed by atoms with Crippen molar-refractivity contribution < 1.29 is 13.2 Å². The molecule has 7 heteroatoms. The number of aromatic nitrogens is 1. The van der Waals surface area contributed by atoms with E-state index in [1.807, 2.05) is 0 Å². The summed E-state index contributed by atoms with van der Waals surface area (Å²) in [6.45, 7) is 1.67. The first-order valence-corrected chi connectivity index (χ1v) is 6.43. The van der Waals surface area contributed by atoms with Gasteiger partial charge in [0, 0.05) is 4.47 Å². The Bertz CT molecular complexity index is 641. The fraction of sp³-hybridized carbons (Fsp3) is 0.154. The van der Waals surface area contributed by atoms with Gasteiger partial charge in [-0.05, 0) is 37.3 Å². The number of nitrogens with two attached hydrogens (primary N) is 1. The van der Waals surface area contributed by atoms with E-state index in [0.717, 1.165) is 6.07 Å². The fourth-order valence-corrected chi connectivity index (χ4v) is 2.08. The fourth-order valence-electron chi connectivity index (χ4n) is 1.72. The third-order valence-electron chi connectivity index (χ3n) is 2.66. The maximum atomic E-state index is 13.0. The zero-order valence-corrected chi connectivity index (χ0v) is 12.0. The van der Waals surface area contributed by atoms with Gasteiger partial charge in [-0.25, -0.2) is 4.98 Å². The Hall–Kier alpha value is -1.76. The molecule has 0 saturated carbocycles. The number of hydrogen-bond acceptors (Lipinski definition) is 3. The largest absolute Gasteiger partial charge is 0.418 e. The second-order valence-electron chi connectivity index (χ2n) is 4.18. The highest BCUT2D eigenvalue weighted by Gasteiger charge is 2.33. The van der Waals surface area contributed by atoms with Gasteiger partial charge in [0.25, 0.3) is 0 Å². The lowest BCUT2D eigenvalue weighted by Crippen LogP contribution is -2.09. The second kappa shape index (κ2) is 5.32. The maximum absolute atomic E-state index is 13.0. The van der Waals surface area contributed by atoms with Crippen molar-refractivity contribution in [2.75, 3.05) is 11.1 Å². The Morgan fingerprint density at radius 3 is 2.40 bits per heavy atom. The van der Waals surface area contributed by atoms with Crippen molar-refractivity contribution in [1.29, 1.82) is 0 Å². The van der Waals surface area contributed by atoms with Gasteiger partial charge in [0.05, 0.1) is 22.6 Å². The van der Waals surface area contributed by atoms with Crippen molar-refractivity contribution in [2.24, 2.45) is 0 Å². The predicted octanol–water partition coefficient (Wildman–Crippen LogP) is 4.50. The molecule has 106 valence electrons. The van der Waals surface area contributed by atoms with Crippen LogP contribution in [0.2, 0.25) is 0 Å². The minimum atomic E-state index is -4.44. The monoisotopic (exact) mass is 345 g/mol. The van der Waals surface area contributed by atoms with Gasteiger partial charge < -0.3 is 11.1 Å². The van der Waals surface area contributed by atoms with Gasteiger partial charge in [-0.1, -0.05) is 15.9 Å². The van der Waals surface area contributed by atoms with E-state index >= 15 is 0 Å². The predicted molar refractivity (Wildman–Crippen MR) is 75.8 cm³/mol. The molecule has 0 aliphatic carbocycles. The molecule has 1 aromatic heterocycles. The summed E-state index contributed by atoms with van der Waals surface area (Å²) in [5.74, 6) is 0.319. The molecule has 0 amide bonds. The van der Waals surface area contributed by atoms with Crippen LogP contribution in [0.5, 0.6) is 0 Å². The zero-order valence-electron chi connectivity index (χ0n) is 10.4. The lowest BCUT2D eigenvalue weighted by molar-refractivity contribution is -0.137. The van der Waals surface area contributed by atoms with Crippen molar-refractivity contribution in [3.05, 3.63) is 46.1 Å². The standard InChI is InChI=1S/C13H11BrF3N3/c1-7-10(4-5-12(18)19-7)20-11-3-2-8(14)6-9(11)13(15,16)17/h2-6,20H,1H3,(H2,18,19). The number of nitrogens with one attached hydrogen (secondary N) is 1. The Balaban J connectivity index is 2.43. The molecule has 0 unspecified atom stereocenters. The molecule has 0 aliphatic heterocycles. The van der Waals surface area contributed by atoms with Crippen LogP contribution >= 0.6 is 15.9 Å². The Morgan fingerprint density at radius 1 is 1.15 bits per heavy atom. The molecular formula is C13H11BrF3N3. The van der Waals surface area contributed by atoms with E-state index in [1.165, 1.54) is 18.2 Å². The van der Waals surface area contributed by atoms with Crippen LogP contribution in [-0.4, -0.2) is 4.98 Å². The molecule has 0 aliphatic rings. The van der Waals surface area contributed by atoms with Crippen LogP contribution in [0.1, 0.15) is 11.3 Å². The van der Waals surface area contributed by atoms with Gasteiger partial charge in [-0.15, -0.1) is 0 Å². The van der Waals surface area contributed by atoms with Crippen molar-refractivity contribution >= 4 is 33.1 Å². The molecule has 0 bridgehead atoms. The molecule has 0 radical (unpaired) electrons. The SMILES string of the molecule is Cc1nc(N)ccc1Nc1ccc(Br)cc1C(F)(F)F. The van der Waals surface area contributed by atoms with Gasteiger partial charge in [-0.2, -0.15) is 13.2 Å². The molecule has 1 heterocycles. The number of rotatable bonds is 2. The highest BCUT2D eigenvalue weighted by atomic mass is 79.9. The number of nitrogens with zero attached hydrogens (tertiary/aromatic N) is 1. The minimum absolute atomic E-state index is 0.0321. The first-order chi connectivity index (χ1) is 9.27. The van der Waals surface area contributed by atoms with Gasteiger partial charge in [-0.3, -0.25) is 0 Å². The number of nitrogen functional groups attached to an aromatic ring is 1. The third-order valence-corrected chi connectivity index (χ3v) is 3.16. The molecule has 20 heavy (non-hydrogen) atoms. The molecule has 2 rings (SSSR count). The summed E-state index contributed by atoms with van der Waals surface area (Å²) in [5.41, 5.74) is 5.74. The number of benzene rings is 1. The van der Waals surface area contributed by atoms with Crippen LogP contribution in [0.15, 0.2) is 34.8 Å². The summed E-state index contributed by atoms with van der Waals surface area (Å²) in [6.07, 6.45) is -4.44. The average molecular weight is 346 g/mol. The van der Waals surface area contributed by atoms with Crippen LogP contribution < -0.4 is 11.1 Å². The summed E-state index contributed by atoms with van der Waals surface area (Å²) in [7, 11) is 0. The number of pyridine rings is 1. The smallest absolute Gasteiger partial charge is 0.384 e. The third kappa shape index (κ3) is 3.22. The van der Waals surface area contributed by atoms with Crippen molar-refractivity contribution in [3.8, 4) is 0 Å². The number of anilines is 3. The maximum Gasteiger partial charge on any atom is 0.418 e. The van der Waals surface area contributed by atoms with Gasteiger partial charge in [0.2, 0.25) is 0 Å². The van der Waals surface area contributed by atoms with Gasteiger partial charge >= 0.3 is 6.18 Å². The summed E-state index contributed by atoms with van der Waals surface area (Å²) < 4.78 is 39.4. The molecule has 0 atom stereocenters. The molecule has 0 spiro atoms. The highest BCUT2D eigenvalue weighted by Crippen LogP contribution is 2.38. The van der Waals surface area contributed by atoms with E-state index in [9.17, 15) is 13.2 Å². The summed E-state index contributed by atoms with van der Waals surface area (Å²) >= 11 is 3.04. The summed E-state index contributed by atoms with van der Waals surface area (Å²) in [5, 5.41) is 2.74. The van der Waals surface area contributed by atoms with Crippen molar-refractivity contribution in [2.45, 2.75) is 13.1 Å². The second-order valence-corrected chi connectivity index (χ2v) is 5.10. The van der Waals surface area contributed by atoms with E-state index in [2.05, 4.69) is 26.2 Å². The Labute approximate surface area is 122 Å². The molecular weight excluding hydrogens is 335 g/mol. The Kier molecular flexibility index (Phi) is 3.89. The van der Waals surface area contributed by atoms with E-state index in [1.54, 1.807) is 13.0 Å². The van der Waals surface area contributed by atoms with Gasteiger partial charge in [0.15, 0.2) is 0 Å². The lowest BCUT2D eigenvalue weighted by atomic mass is 10.1. The zero-order chi connectivity index (χ0) is 14.9. The minimum Gasteiger partial charge on any atom is -0.384 e. The van der Waals surface area contributed by atoms with Crippen LogP contribution in [-0.2, 0) is 6.18 Å². The van der Waals surface area contributed by atoms with E-state index in [0.29, 0.717) is 21.7 Å². The molecule has 2 aromatic rings. The van der Waals surface area contributed by atoms with Crippen LogP contribution in [0, 0.1) is 6.92 Å². The molecule has 3 nitrogen and oxygen atoms in total. The lowest BCUT2D eigenvalue weighted by Gasteiger charge is -2.16. The number of alkyl halides is 3. The van der Waals surface area contributed by atoms with Gasteiger partial charge in [0.1, 0.15) is 5.82 Å². The van der Waals surface area contributed by atoms with E-state index in [4.69, 9.17) is 5.73 Å². The highest BCUT2D eigenvalue weighted by molar-refractivity contribution is 9.10. The first kappa shape index (κ1) is 14.6. The van der Waals surface area contributed by atoms with Crippen LogP contribution in [0.25, 0.3) is 0 Å². The quantitative estimate of drug-likeness (QED) is 0.842. The molecule has 1 aromatic carbocycles. The van der Waals surface area contributed by atoms with E-state index < -0.39 is 11.7 Å². The van der Waals surface area contributed by atoms with E-state index in [-0.39, 0.29) is 5.69 Å². The molecule has 3 N–H and O–H groups in total. The normalized spacial score (nSPS) is 11.4. The Morgan fingerprint density at radius 2 is 1.80 bits per heavy atom. The van der Waals surface area contributed by atoms with Crippen LogP contribution in [0.3, 0.4) is 0 Å². The van der Waals surface area contributed by atoms with Crippen molar-refractivity contribution in [1.82, 2.24) is 4.98 Å². The summed E-state index contributed by atoms with van der Waals surface area (Å²) in [6, 6.07) is 7.06. The number of halogens is 4.